The van der Waals surface area contributed by atoms with E-state index in [1.54, 1.807) is 0 Å². The number of anilines is 2. The molecule has 0 aliphatic heterocycles. The van der Waals surface area contributed by atoms with E-state index < -0.39 is 0 Å². The highest BCUT2D eigenvalue weighted by Crippen LogP contribution is 2.32. The Hall–Kier alpha value is -1.55. The fourth-order valence-electron chi connectivity index (χ4n) is 2.32. The smallest absolute Gasteiger partial charge is 0.123 e. The van der Waals surface area contributed by atoms with Crippen molar-refractivity contribution in [1.82, 2.24) is 0 Å². The van der Waals surface area contributed by atoms with Gasteiger partial charge in [-0.25, -0.2) is 4.39 Å². The highest BCUT2D eigenvalue weighted by molar-refractivity contribution is 9.10. The zero-order valence-corrected chi connectivity index (χ0v) is 14.1. The summed E-state index contributed by atoms with van der Waals surface area (Å²) in [6.07, 6.45) is 0.922. The fraction of sp³-hybridized carbons (Fsp3) is 0.294. The Morgan fingerprint density at radius 3 is 2.38 bits per heavy atom. The van der Waals surface area contributed by atoms with E-state index in [2.05, 4.69) is 45.2 Å². The molecule has 0 radical (unpaired) electrons. The summed E-state index contributed by atoms with van der Waals surface area (Å²) < 4.78 is 14.1. The zero-order chi connectivity index (χ0) is 15.4. The third kappa shape index (κ3) is 3.97. The van der Waals surface area contributed by atoms with E-state index in [0.29, 0.717) is 0 Å². The fourth-order valence-corrected chi connectivity index (χ4v) is 2.68. The molecule has 0 aromatic heterocycles. The molecule has 1 N–H and O–H groups in total. The SMILES string of the molecule is CCC(Nc1cc(Br)ccc1N(C)C)c1ccc(F)cc1. The van der Waals surface area contributed by atoms with Gasteiger partial charge in [-0.15, -0.1) is 0 Å². The summed E-state index contributed by atoms with van der Waals surface area (Å²) in [5.41, 5.74) is 3.27. The minimum absolute atomic E-state index is 0.151. The molecule has 2 aromatic rings. The van der Waals surface area contributed by atoms with Crippen molar-refractivity contribution in [3.05, 3.63) is 58.3 Å². The van der Waals surface area contributed by atoms with Gasteiger partial charge in [0.15, 0.2) is 0 Å². The molecule has 0 aliphatic rings. The maximum atomic E-state index is 13.1. The van der Waals surface area contributed by atoms with Crippen molar-refractivity contribution < 1.29 is 4.39 Å². The second-order valence-electron chi connectivity index (χ2n) is 5.21. The molecule has 1 unspecified atom stereocenters. The number of nitrogens with one attached hydrogen (secondary N) is 1. The topological polar surface area (TPSA) is 15.3 Å². The standard InChI is InChI=1S/C17H20BrFN2/c1-4-15(12-5-8-14(19)9-6-12)20-16-11-13(18)7-10-17(16)21(2)3/h5-11,15,20H,4H2,1-3H3. The number of nitrogens with zero attached hydrogens (tertiary/aromatic N) is 1. The zero-order valence-electron chi connectivity index (χ0n) is 12.5. The summed E-state index contributed by atoms with van der Waals surface area (Å²) in [4.78, 5) is 2.08. The Morgan fingerprint density at radius 2 is 1.81 bits per heavy atom. The predicted octanol–water partition coefficient (Wildman–Crippen LogP) is 5.22. The van der Waals surface area contributed by atoms with Crippen LogP contribution in [0.5, 0.6) is 0 Å². The summed E-state index contributed by atoms with van der Waals surface area (Å²) in [6.45, 7) is 2.12. The highest BCUT2D eigenvalue weighted by atomic mass is 79.9. The molecule has 21 heavy (non-hydrogen) atoms. The molecule has 2 aromatic carbocycles. The van der Waals surface area contributed by atoms with Gasteiger partial charge in [-0.1, -0.05) is 35.0 Å². The van der Waals surface area contributed by atoms with Gasteiger partial charge in [0.2, 0.25) is 0 Å². The van der Waals surface area contributed by atoms with Gasteiger partial charge < -0.3 is 10.2 Å². The van der Waals surface area contributed by atoms with Crippen molar-refractivity contribution in [3.63, 3.8) is 0 Å². The molecule has 0 heterocycles. The Bertz CT molecular complexity index is 596. The van der Waals surface area contributed by atoms with Crippen LogP contribution in [0.2, 0.25) is 0 Å². The summed E-state index contributed by atoms with van der Waals surface area (Å²) in [7, 11) is 4.04. The average Bonchev–Trinajstić information content (AvgIpc) is 2.45. The van der Waals surface area contributed by atoms with Crippen LogP contribution in [-0.2, 0) is 0 Å². The Balaban J connectivity index is 2.30. The van der Waals surface area contributed by atoms with Gasteiger partial charge in [0.1, 0.15) is 5.82 Å². The van der Waals surface area contributed by atoms with E-state index >= 15 is 0 Å². The molecule has 4 heteroatoms. The monoisotopic (exact) mass is 350 g/mol. The van der Waals surface area contributed by atoms with Gasteiger partial charge in [0, 0.05) is 18.6 Å². The van der Waals surface area contributed by atoms with Crippen molar-refractivity contribution in [2.24, 2.45) is 0 Å². The first-order valence-corrected chi connectivity index (χ1v) is 7.79. The molecule has 0 saturated heterocycles. The van der Waals surface area contributed by atoms with Crippen LogP contribution >= 0.6 is 15.9 Å². The van der Waals surface area contributed by atoms with Crippen molar-refractivity contribution >= 4 is 27.3 Å². The number of rotatable bonds is 5. The van der Waals surface area contributed by atoms with Crippen LogP contribution in [0.25, 0.3) is 0 Å². The van der Waals surface area contributed by atoms with E-state index in [-0.39, 0.29) is 11.9 Å². The minimum Gasteiger partial charge on any atom is -0.377 e. The maximum Gasteiger partial charge on any atom is 0.123 e. The summed E-state index contributed by atoms with van der Waals surface area (Å²) in [5.74, 6) is -0.204. The number of benzene rings is 2. The molecule has 0 aliphatic carbocycles. The predicted molar refractivity (Wildman–Crippen MR) is 91.5 cm³/mol. The highest BCUT2D eigenvalue weighted by Gasteiger charge is 2.13. The van der Waals surface area contributed by atoms with Crippen LogP contribution in [0.3, 0.4) is 0 Å². The molecule has 0 bridgehead atoms. The van der Waals surface area contributed by atoms with Gasteiger partial charge >= 0.3 is 0 Å². The first kappa shape index (κ1) is 15.8. The van der Waals surface area contributed by atoms with Crippen LogP contribution in [0, 0.1) is 5.82 Å². The maximum absolute atomic E-state index is 13.1. The number of hydrogen-bond donors (Lipinski definition) is 1. The van der Waals surface area contributed by atoms with Crippen molar-refractivity contribution in [2.75, 3.05) is 24.3 Å². The Kier molecular flexibility index (Phi) is 5.23. The van der Waals surface area contributed by atoms with Crippen LogP contribution < -0.4 is 10.2 Å². The van der Waals surface area contributed by atoms with E-state index in [1.807, 2.05) is 32.3 Å². The third-order valence-corrected chi connectivity index (χ3v) is 3.94. The summed E-state index contributed by atoms with van der Waals surface area (Å²) in [5, 5.41) is 3.56. The summed E-state index contributed by atoms with van der Waals surface area (Å²) >= 11 is 3.51. The Labute approximate surface area is 134 Å². The normalized spacial score (nSPS) is 12.0. The van der Waals surface area contributed by atoms with E-state index in [1.165, 1.54) is 12.1 Å². The summed E-state index contributed by atoms with van der Waals surface area (Å²) in [6, 6.07) is 13.0. The molecular formula is C17H20BrFN2. The largest absolute Gasteiger partial charge is 0.377 e. The Morgan fingerprint density at radius 1 is 1.14 bits per heavy atom. The van der Waals surface area contributed by atoms with Crippen molar-refractivity contribution in [1.29, 1.82) is 0 Å². The van der Waals surface area contributed by atoms with Crippen molar-refractivity contribution in [2.45, 2.75) is 19.4 Å². The lowest BCUT2D eigenvalue weighted by molar-refractivity contribution is 0.625. The van der Waals surface area contributed by atoms with Gasteiger partial charge in [0.25, 0.3) is 0 Å². The first-order valence-electron chi connectivity index (χ1n) is 7.00. The molecule has 0 saturated carbocycles. The molecule has 0 fully saturated rings. The van der Waals surface area contributed by atoms with Gasteiger partial charge in [-0.3, -0.25) is 0 Å². The van der Waals surface area contributed by atoms with E-state index in [4.69, 9.17) is 0 Å². The molecule has 0 amide bonds. The lowest BCUT2D eigenvalue weighted by Gasteiger charge is -2.24. The minimum atomic E-state index is -0.204. The quantitative estimate of drug-likeness (QED) is 0.795. The second-order valence-corrected chi connectivity index (χ2v) is 6.13. The lowest BCUT2D eigenvalue weighted by Crippen LogP contribution is -2.15. The molecular weight excluding hydrogens is 331 g/mol. The van der Waals surface area contributed by atoms with Crippen LogP contribution in [0.1, 0.15) is 24.9 Å². The molecule has 112 valence electrons. The molecule has 2 nitrogen and oxygen atoms in total. The van der Waals surface area contributed by atoms with Gasteiger partial charge in [-0.2, -0.15) is 0 Å². The van der Waals surface area contributed by atoms with Crippen LogP contribution in [0.4, 0.5) is 15.8 Å². The van der Waals surface area contributed by atoms with E-state index in [9.17, 15) is 4.39 Å². The van der Waals surface area contributed by atoms with Gasteiger partial charge in [-0.05, 0) is 42.3 Å². The lowest BCUT2D eigenvalue weighted by atomic mass is 10.0. The molecule has 1 atom stereocenters. The number of halogens is 2. The molecule has 2 rings (SSSR count). The van der Waals surface area contributed by atoms with Crippen LogP contribution in [0.15, 0.2) is 46.9 Å². The van der Waals surface area contributed by atoms with E-state index in [0.717, 1.165) is 27.8 Å². The molecule has 0 spiro atoms. The first-order chi connectivity index (χ1) is 10.0. The number of hydrogen-bond acceptors (Lipinski definition) is 2. The third-order valence-electron chi connectivity index (χ3n) is 3.45. The average molecular weight is 351 g/mol. The van der Waals surface area contributed by atoms with Crippen LogP contribution in [-0.4, -0.2) is 14.1 Å². The van der Waals surface area contributed by atoms with Gasteiger partial charge in [0.05, 0.1) is 17.4 Å². The van der Waals surface area contributed by atoms with Crippen molar-refractivity contribution in [3.8, 4) is 0 Å². The second kappa shape index (κ2) is 6.94.